The van der Waals surface area contributed by atoms with Crippen LogP contribution in [0.3, 0.4) is 0 Å². The molecular formula is C36H35ClN4O7S. The number of carboxylic acids is 2. The number of anilines is 1. The second-order valence-corrected chi connectivity index (χ2v) is 12.9. The van der Waals surface area contributed by atoms with Crippen molar-refractivity contribution in [2.75, 3.05) is 12.0 Å². The molecule has 2 heterocycles. The van der Waals surface area contributed by atoms with Gasteiger partial charge in [-0.25, -0.2) is 14.3 Å². The lowest BCUT2D eigenvalue weighted by Crippen LogP contribution is -2.47. The van der Waals surface area contributed by atoms with Crippen molar-refractivity contribution in [3.63, 3.8) is 0 Å². The molecule has 13 heteroatoms. The largest absolute Gasteiger partial charge is 0.497 e. The van der Waals surface area contributed by atoms with E-state index in [0.717, 1.165) is 47.3 Å². The molecule has 1 fully saturated rings. The van der Waals surface area contributed by atoms with Crippen LogP contribution in [0, 0.1) is 6.92 Å². The molecule has 0 saturated heterocycles. The Kier molecular flexibility index (Phi) is 11.3. The molecule has 2 aromatic heterocycles. The number of rotatable bonds is 8. The lowest BCUT2D eigenvalue weighted by Gasteiger charge is -2.33. The number of aromatic nitrogens is 2. The molecular weight excluding hydrogens is 668 g/mol. The molecule has 1 aliphatic carbocycles. The summed E-state index contributed by atoms with van der Waals surface area (Å²) >= 11 is 7.63. The van der Waals surface area contributed by atoms with Gasteiger partial charge in [0.2, 0.25) is 5.91 Å². The number of ether oxygens (including phenoxy) is 1. The number of fused-ring (bicyclic) bond motifs is 1. The zero-order valence-corrected chi connectivity index (χ0v) is 28.4. The molecule has 3 N–H and O–H groups in total. The van der Waals surface area contributed by atoms with Crippen LogP contribution in [-0.2, 0) is 14.4 Å². The molecule has 49 heavy (non-hydrogen) atoms. The highest BCUT2D eigenvalue weighted by Gasteiger charge is 2.36. The SMILES string of the molecule is COc1ccc(C(C(=O)NC2CCCCC2)N(C(=O)c2cc3c(C)nn(-c4ccccc4)c3s2)c2ccc(Cl)cc2)cc1.O=C(O)C(=O)O. The van der Waals surface area contributed by atoms with Gasteiger partial charge in [-0.2, -0.15) is 5.10 Å². The van der Waals surface area contributed by atoms with Crippen LogP contribution in [-0.4, -0.2) is 56.9 Å². The summed E-state index contributed by atoms with van der Waals surface area (Å²) in [5.41, 5.74) is 3.01. The van der Waals surface area contributed by atoms with Crippen LogP contribution >= 0.6 is 22.9 Å². The van der Waals surface area contributed by atoms with Crippen LogP contribution in [0.2, 0.25) is 5.02 Å². The first-order valence-corrected chi connectivity index (χ1v) is 16.8. The molecule has 1 atom stereocenters. The molecule has 1 saturated carbocycles. The number of thiophene rings is 1. The molecule has 0 radical (unpaired) electrons. The van der Waals surface area contributed by atoms with Crippen LogP contribution in [0.1, 0.15) is 59.1 Å². The fourth-order valence-electron chi connectivity index (χ4n) is 5.73. The van der Waals surface area contributed by atoms with Gasteiger partial charge in [-0.3, -0.25) is 14.5 Å². The minimum atomic E-state index is -1.82. The fourth-order valence-corrected chi connectivity index (χ4v) is 6.98. The van der Waals surface area contributed by atoms with Crippen molar-refractivity contribution in [2.24, 2.45) is 0 Å². The number of hydrogen-bond donors (Lipinski definition) is 3. The Balaban J connectivity index is 0.000000717. The first kappa shape index (κ1) is 35.1. The average Bonchev–Trinajstić information content (AvgIpc) is 3.69. The zero-order chi connectivity index (χ0) is 35.1. The Morgan fingerprint density at radius 2 is 1.57 bits per heavy atom. The molecule has 11 nitrogen and oxygen atoms in total. The number of aryl methyl sites for hydroxylation is 1. The van der Waals surface area contributed by atoms with E-state index in [-0.39, 0.29) is 17.9 Å². The Bertz CT molecular complexity index is 1920. The third-order valence-electron chi connectivity index (χ3n) is 8.15. The van der Waals surface area contributed by atoms with E-state index in [1.807, 2.05) is 72.3 Å². The predicted octanol–water partition coefficient (Wildman–Crippen LogP) is 7.05. The van der Waals surface area contributed by atoms with E-state index >= 15 is 0 Å². The number of halogens is 1. The molecule has 6 rings (SSSR count). The highest BCUT2D eigenvalue weighted by Crippen LogP contribution is 2.36. The number of amides is 2. The van der Waals surface area contributed by atoms with Crippen LogP contribution in [0.5, 0.6) is 5.75 Å². The van der Waals surface area contributed by atoms with Crippen molar-refractivity contribution in [2.45, 2.75) is 51.1 Å². The highest BCUT2D eigenvalue weighted by atomic mass is 35.5. The lowest BCUT2D eigenvalue weighted by molar-refractivity contribution is -0.159. The van der Waals surface area contributed by atoms with Crippen molar-refractivity contribution >= 4 is 62.6 Å². The first-order valence-electron chi connectivity index (χ1n) is 15.6. The van der Waals surface area contributed by atoms with E-state index in [1.54, 1.807) is 36.3 Å². The normalized spacial score (nSPS) is 13.5. The first-order chi connectivity index (χ1) is 23.6. The fraction of sp³-hybridized carbons (Fsp3) is 0.250. The predicted molar refractivity (Wildman–Crippen MR) is 188 cm³/mol. The van der Waals surface area contributed by atoms with Crippen molar-refractivity contribution < 1.29 is 34.1 Å². The summed E-state index contributed by atoms with van der Waals surface area (Å²) in [6.45, 7) is 1.94. The molecule has 1 unspecified atom stereocenters. The van der Waals surface area contributed by atoms with Crippen LogP contribution in [0.15, 0.2) is 84.9 Å². The number of carbonyl (C=O) groups excluding carboxylic acids is 2. The molecule has 0 aliphatic heterocycles. The number of nitrogens with one attached hydrogen (secondary N) is 1. The quantitative estimate of drug-likeness (QED) is 0.146. The number of aliphatic carboxylic acids is 2. The van der Waals surface area contributed by atoms with Gasteiger partial charge in [-0.15, -0.1) is 11.3 Å². The van der Waals surface area contributed by atoms with E-state index < -0.39 is 18.0 Å². The summed E-state index contributed by atoms with van der Waals surface area (Å²) < 4.78 is 7.26. The monoisotopic (exact) mass is 702 g/mol. The van der Waals surface area contributed by atoms with Crippen molar-refractivity contribution in [3.05, 3.63) is 106 Å². The van der Waals surface area contributed by atoms with Gasteiger partial charge in [-0.1, -0.05) is 61.2 Å². The Labute approximate surface area is 291 Å². The number of carboxylic acid groups (broad SMARTS) is 2. The Hall–Kier alpha value is -5.20. The minimum Gasteiger partial charge on any atom is -0.497 e. The second-order valence-electron chi connectivity index (χ2n) is 11.4. The molecule has 0 bridgehead atoms. The Morgan fingerprint density at radius 3 is 2.16 bits per heavy atom. The Morgan fingerprint density at radius 1 is 0.939 bits per heavy atom. The van der Waals surface area contributed by atoms with Crippen molar-refractivity contribution in [1.29, 1.82) is 0 Å². The maximum absolute atomic E-state index is 14.7. The smallest absolute Gasteiger partial charge is 0.414 e. The molecule has 1 aliphatic rings. The molecule has 254 valence electrons. The van der Waals surface area contributed by atoms with Crippen LogP contribution in [0.25, 0.3) is 15.9 Å². The van der Waals surface area contributed by atoms with Gasteiger partial charge < -0.3 is 20.3 Å². The zero-order valence-electron chi connectivity index (χ0n) is 26.8. The highest BCUT2D eigenvalue weighted by molar-refractivity contribution is 7.20. The van der Waals surface area contributed by atoms with Gasteiger partial charge in [0, 0.05) is 22.1 Å². The molecule has 2 amide bonds. The average molecular weight is 703 g/mol. The maximum atomic E-state index is 14.7. The van der Waals surface area contributed by atoms with E-state index in [4.69, 9.17) is 41.2 Å². The summed E-state index contributed by atoms with van der Waals surface area (Å²) in [6.07, 6.45) is 5.20. The lowest BCUT2D eigenvalue weighted by atomic mass is 9.94. The summed E-state index contributed by atoms with van der Waals surface area (Å²) in [5, 5.41) is 24.2. The number of methoxy groups -OCH3 is 1. The van der Waals surface area contributed by atoms with Gasteiger partial charge in [0.1, 0.15) is 16.6 Å². The summed E-state index contributed by atoms with van der Waals surface area (Å²) in [4.78, 5) is 50.1. The summed E-state index contributed by atoms with van der Waals surface area (Å²) in [7, 11) is 1.60. The van der Waals surface area contributed by atoms with Gasteiger partial charge in [-0.05, 0) is 79.9 Å². The molecule has 0 spiro atoms. The third kappa shape index (κ3) is 8.27. The summed E-state index contributed by atoms with van der Waals surface area (Å²) in [5.74, 6) is -3.47. The summed E-state index contributed by atoms with van der Waals surface area (Å²) in [6, 6.07) is 25.3. The second kappa shape index (κ2) is 15.8. The van der Waals surface area contributed by atoms with Gasteiger partial charge in [0.15, 0.2) is 0 Å². The molecule has 5 aromatic rings. The van der Waals surface area contributed by atoms with Gasteiger partial charge >= 0.3 is 11.9 Å². The van der Waals surface area contributed by atoms with Gasteiger partial charge in [0.05, 0.1) is 23.4 Å². The van der Waals surface area contributed by atoms with Crippen molar-refractivity contribution in [3.8, 4) is 11.4 Å². The topological polar surface area (TPSA) is 151 Å². The van der Waals surface area contributed by atoms with E-state index in [2.05, 4.69) is 5.32 Å². The van der Waals surface area contributed by atoms with Crippen LogP contribution in [0.4, 0.5) is 5.69 Å². The van der Waals surface area contributed by atoms with E-state index in [1.165, 1.54) is 17.8 Å². The number of hydrogen-bond acceptors (Lipinski definition) is 7. The number of nitrogens with zero attached hydrogens (tertiary/aromatic N) is 3. The van der Waals surface area contributed by atoms with Crippen LogP contribution < -0.4 is 15.0 Å². The minimum absolute atomic E-state index is 0.0769. The van der Waals surface area contributed by atoms with E-state index in [0.29, 0.717) is 26.9 Å². The number of benzene rings is 3. The molecule has 3 aromatic carbocycles. The number of carbonyl (C=O) groups is 4. The van der Waals surface area contributed by atoms with Crippen molar-refractivity contribution in [1.82, 2.24) is 15.1 Å². The maximum Gasteiger partial charge on any atom is 0.414 e. The van der Waals surface area contributed by atoms with Gasteiger partial charge in [0.25, 0.3) is 5.91 Å². The number of para-hydroxylation sites is 1. The third-order valence-corrected chi connectivity index (χ3v) is 9.50. The van der Waals surface area contributed by atoms with E-state index in [9.17, 15) is 9.59 Å². The standard InChI is InChI=1S/C34H33ClN4O3S.C2H2O4/c1-22-29-21-30(43-34(29)39(37-22)27-11-7-4-8-12-27)33(41)38(26-17-15-24(35)16-18-26)31(23-13-19-28(42-2)20-14-23)32(40)36-25-9-5-3-6-10-25;3-1(4)2(5)6/h4,7-8,11-21,25,31H,3,5-6,9-10H2,1-2H3,(H,36,40);(H,3,4)(H,5,6).